The maximum atomic E-state index is 11.3. The van der Waals surface area contributed by atoms with Gasteiger partial charge in [0.15, 0.2) is 0 Å². The zero-order chi connectivity index (χ0) is 9.68. The number of amides is 2. The van der Waals surface area contributed by atoms with Crippen molar-refractivity contribution in [3.63, 3.8) is 0 Å². The SMILES string of the molecule is O=C1CCCC(=O)N1CCCCI. The first-order valence-electron chi connectivity index (χ1n) is 4.65. The van der Waals surface area contributed by atoms with Gasteiger partial charge in [-0.1, -0.05) is 22.6 Å². The minimum absolute atomic E-state index is 0.0182. The van der Waals surface area contributed by atoms with E-state index in [0.29, 0.717) is 19.4 Å². The molecule has 0 unspecified atom stereocenters. The van der Waals surface area contributed by atoms with Gasteiger partial charge >= 0.3 is 0 Å². The van der Waals surface area contributed by atoms with E-state index in [1.54, 1.807) is 0 Å². The Morgan fingerprint density at radius 1 is 1.15 bits per heavy atom. The van der Waals surface area contributed by atoms with Gasteiger partial charge in [0.1, 0.15) is 0 Å². The highest BCUT2D eigenvalue weighted by Gasteiger charge is 2.24. The van der Waals surface area contributed by atoms with Gasteiger partial charge in [-0.05, 0) is 23.7 Å². The molecule has 13 heavy (non-hydrogen) atoms. The summed E-state index contributed by atoms with van der Waals surface area (Å²) < 4.78 is 1.09. The van der Waals surface area contributed by atoms with Crippen molar-refractivity contribution >= 4 is 34.4 Å². The van der Waals surface area contributed by atoms with E-state index in [1.165, 1.54) is 4.90 Å². The summed E-state index contributed by atoms with van der Waals surface area (Å²) in [5, 5.41) is 0. The molecular weight excluding hydrogens is 281 g/mol. The molecule has 0 aromatic heterocycles. The molecule has 0 aromatic rings. The second kappa shape index (κ2) is 5.57. The smallest absolute Gasteiger partial charge is 0.229 e. The van der Waals surface area contributed by atoms with Crippen LogP contribution in [0, 0.1) is 0 Å². The van der Waals surface area contributed by atoms with Crippen LogP contribution in [0.2, 0.25) is 0 Å². The minimum Gasteiger partial charge on any atom is -0.283 e. The summed E-state index contributed by atoms with van der Waals surface area (Å²) in [6.07, 6.45) is 3.87. The standard InChI is InChI=1S/C9H14INO2/c10-6-1-2-7-11-8(12)4-3-5-9(11)13/h1-7H2. The number of likely N-dealkylation sites (tertiary alicyclic amines) is 1. The average Bonchev–Trinajstić information content (AvgIpc) is 2.10. The van der Waals surface area contributed by atoms with E-state index in [0.717, 1.165) is 23.7 Å². The number of carbonyl (C=O) groups excluding carboxylic acids is 2. The van der Waals surface area contributed by atoms with Crippen LogP contribution in [0.1, 0.15) is 32.1 Å². The number of unbranched alkanes of at least 4 members (excludes halogenated alkanes) is 1. The van der Waals surface area contributed by atoms with Gasteiger partial charge < -0.3 is 0 Å². The van der Waals surface area contributed by atoms with Gasteiger partial charge in [0.25, 0.3) is 0 Å². The lowest BCUT2D eigenvalue weighted by atomic mass is 10.1. The molecule has 2 amide bonds. The summed E-state index contributed by atoms with van der Waals surface area (Å²) in [6, 6.07) is 0. The van der Waals surface area contributed by atoms with Crippen LogP contribution in [-0.4, -0.2) is 27.7 Å². The van der Waals surface area contributed by atoms with Gasteiger partial charge in [0.2, 0.25) is 11.8 Å². The molecule has 1 heterocycles. The van der Waals surface area contributed by atoms with Crippen LogP contribution >= 0.6 is 22.6 Å². The summed E-state index contributed by atoms with van der Waals surface area (Å²) >= 11 is 2.30. The summed E-state index contributed by atoms with van der Waals surface area (Å²) in [5.41, 5.74) is 0. The van der Waals surface area contributed by atoms with Crippen molar-refractivity contribution in [1.82, 2.24) is 4.90 Å². The Balaban J connectivity index is 2.35. The van der Waals surface area contributed by atoms with Crippen molar-refractivity contribution in [2.24, 2.45) is 0 Å². The van der Waals surface area contributed by atoms with Crippen LogP contribution in [0.3, 0.4) is 0 Å². The fourth-order valence-electron chi connectivity index (χ4n) is 1.41. The number of hydrogen-bond acceptors (Lipinski definition) is 2. The Kier molecular flexibility index (Phi) is 4.69. The van der Waals surface area contributed by atoms with E-state index >= 15 is 0 Å². The molecule has 4 heteroatoms. The van der Waals surface area contributed by atoms with Crippen LogP contribution < -0.4 is 0 Å². The number of alkyl halides is 1. The van der Waals surface area contributed by atoms with Crippen LogP contribution in [0.15, 0.2) is 0 Å². The summed E-state index contributed by atoms with van der Waals surface area (Å²) in [4.78, 5) is 24.0. The topological polar surface area (TPSA) is 37.4 Å². The Hall–Kier alpha value is -0.130. The number of nitrogens with zero attached hydrogens (tertiary/aromatic N) is 1. The number of piperidine rings is 1. The molecule has 0 N–H and O–H groups in total. The quantitative estimate of drug-likeness (QED) is 0.343. The molecule has 1 rings (SSSR count). The normalized spacial score (nSPS) is 18.1. The first-order valence-corrected chi connectivity index (χ1v) is 6.17. The molecule has 1 aliphatic rings. The van der Waals surface area contributed by atoms with Crippen LogP contribution in [0.5, 0.6) is 0 Å². The third-order valence-corrected chi connectivity index (χ3v) is 2.91. The molecular formula is C9H14INO2. The predicted molar refractivity (Wildman–Crippen MR) is 58.7 cm³/mol. The average molecular weight is 295 g/mol. The number of rotatable bonds is 4. The molecule has 0 aliphatic carbocycles. The monoisotopic (exact) mass is 295 g/mol. The molecule has 0 atom stereocenters. The zero-order valence-corrected chi connectivity index (χ0v) is 9.75. The Bertz CT molecular complexity index is 190. The van der Waals surface area contributed by atoms with Gasteiger partial charge in [-0.25, -0.2) is 0 Å². The van der Waals surface area contributed by atoms with E-state index in [-0.39, 0.29) is 11.8 Å². The van der Waals surface area contributed by atoms with E-state index in [2.05, 4.69) is 22.6 Å². The summed E-state index contributed by atoms with van der Waals surface area (Å²) in [7, 11) is 0. The highest BCUT2D eigenvalue weighted by molar-refractivity contribution is 14.1. The van der Waals surface area contributed by atoms with Gasteiger partial charge in [0.05, 0.1) is 0 Å². The fourth-order valence-corrected chi connectivity index (χ4v) is 1.95. The van der Waals surface area contributed by atoms with Crippen molar-refractivity contribution in [2.45, 2.75) is 32.1 Å². The van der Waals surface area contributed by atoms with Gasteiger partial charge in [-0.15, -0.1) is 0 Å². The second-order valence-corrected chi connectivity index (χ2v) is 4.27. The highest BCUT2D eigenvalue weighted by Crippen LogP contribution is 2.12. The second-order valence-electron chi connectivity index (χ2n) is 3.19. The molecule has 0 bridgehead atoms. The predicted octanol–water partition coefficient (Wildman–Crippen LogP) is 1.74. The maximum Gasteiger partial charge on any atom is 0.229 e. The first-order chi connectivity index (χ1) is 6.25. The number of imide groups is 1. The number of halogens is 1. The van der Waals surface area contributed by atoms with E-state index < -0.39 is 0 Å². The molecule has 1 aliphatic heterocycles. The fraction of sp³-hybridized carbons (Fsp3) is 0.778. The summed E-state index contributed by atoms with van der Waals surface area (Å²) in [5.74, 6) is 0.0365. The van der Waals surface area contributed by atoms with Gasteiger partial charge in [0, 0.05) is 19.4 Å². The summed E-state index contributed by atoms with van der Waals surface area (Å²) in [6.45, 7) is 0.626. The molecule has 0 spiro atoms. The third-order valence-electron chi connectivity index (χ3n) is 2.15. The third kappa shape index (κ3) is 3.25. The zero-order valence-electron chi connectivity index (χ0n) is 7.59. The first kappa shape index (κ1) is 10.9. The van der Waals surface area contributed by atoms with Crippen LogP contribution in [-0.2, 0) is 9.59 Å². The Morgan fingerprint density at radius 3 is 2.31 bits per heavy atom. The van der Waals surface area contributed by atoms with Gasteiger partial charge in [-0.2, -0.15) is 0 Å². The number of hydrogen-bond donors (Lipinski definition) is 0. The van der Waals surface area contributed by atoms with Crippen molar-refractivity contribution < 1.29 is 9.59 Å². The molecule has 74 valence electrons. The lowest BCUT2D eigenvalue weighted by Crippen LogP contribution is -2.40. The minimum atomic E-state index is 0.0182. The van der Waals surface area contributed by atoms with Crippen molar-refractivity contribution in [3.8, 4) is 0 Å². The Labute approximate surface area is 92.0 Å². The largest absolute Gasteiger partial charge is 0.283 e. The lowest BCUT2D eigenvalue weighted by Gasteiger charge is -2.24. The lowest BCUT2D eigenvalue weighted by molar-refractivity contribution is -0.147. The van der Waals surface area contributed by atoms with Crippen molar-refractivity contribution in [2.75, 3.05) is 11.0 Å². The maximum absolute atomic E-state index is 11.3. The van der Waals surface area contributed by atoms with E-state index in [1.807, 2.05) is 0 Å². The van der Waals surface area contributed by atoms with Crippen molar-refractivity contribution in [1.29, 1.82) is 0 Å². The van der Waals surface area contributed by atoms with Crippen molar-refractivity contribution in [3.05, 3.63) is 0 Å². The van der Waals surface area contributed by atoms with Gasteiger partial charge in [-0.3, -0.25) is 14.5 Å². The highest BCUT2D eigenvalue weighted by atomic mass is 127. The molecule has 0 radical (unpaired) electrons. The number of carbonyl (C=O) groups is 2. The molecule has 3 nitrogen and oxygen atoms in total. The van der Waals surface area contributed by atoms with Crippen LogP contribution in [0.25, 0.3) is 0 Å². The van der Waals surface area contributed by atoms with Crippen LogP contribution in [0.4, 0.5) is 0 Å². The molecule has 1 saturated heterocycles. The Morgan fingerprint density at radius 2 is 1.77 bits per heavy atom. The molecule has 0 aromatic carbocycles. The van der Waals surface area contributed by atoms with E-state index in [4.69, 9.17) is 0 Å². The molecule has 1 fully saturated rings. The molecule has 0 saturated carbocycles. The van der Waals surface area contributed by atoms with E-state index in [9.17, 15) is 9.59 Å².